The van der Waals surface area contributed by atoms with Gasteiger partial charge in [-0.3, -0.25) is 0 Å². The molecule has 0 saturated carbocycles. The van der Waals surface area contributed by atoms with Gasteiger partial charge in [0.1, 0.15) is 0 Å². The van der Waals surface area contributed by atoms with Crippen LogP contribution < -0.4 is 0 Å². The molecule has 0 aliphatic carbocycles. The molecular weight excluding hydrogens is 212 g/mol. The van der Waals surface area contributed by atoms with E-state index in [4.69, 9.17) is 0 Å². The summed E-state index contributed by atoms with van der Waals surface area (Å²) in [6.45, 7) is 9.00. The van der Waals surface area contributed by atoms with Crippen LogP contribution in [0.15, 0.2) is 0 Å². The Labute approximate surface area is 94.3 Å². The Morgan fingerprint density at radius 1 is 1.40 bits per heavy atom. The predicted octanol–water partition coefficient (Wildman–Crippen LogP) is 0.998. The van der Waals surface area contributed by atoms with Crippen LogP contribution in [-0.4, -0.2) is 56.6 Å². The van der Waals surface area contributed by atoms with E-state index in [0.29, 0.717) is 0 Å². The topological polar surface area (TPSA) is 40.6 Å². The second-order valence-corrected chi connectivity index (χ2v) is 5.66. The van der Waals surface area contributed by atoms with Gasteiger partial charge in [0.2, 0.25) is 10.0 Å². The van der Waals surface area contributed by atoms with Gasteiger partial charge in [0.05, 0.1) is 6.26 Å². The molecule has 0 amide bonds. The number of likely N-dealkylation sites (N-methyl/N-ethyl adjacent to an activating group) is 2. The first-order valence-electron chi connectivity index (χ1n) is 5.60. The lowest BCUT2D eigenvalue weighted by Crippen LogP contribution is -2.38. The third kappa shape index (κ3) is 4.49. The number of hydrogen-bond donors (Lipinski definition) is 0. The summed E-state index contributed by atoms with van der Waals surface area (Å²) in [6.07, 6.45) is 2.22. The van der Waals surface area contributed by atoms with Gasteiger partial charge in [-0.15, -0.1) is 0 Å². The first-order valence-corrected chi connectivity index (χ1v) is 7.45. The van der Waals surface area contributed by atoms with E-state index in [1.807, 2.05) is 13.8 Å². The monoisotopic (exact) mass is 236 g/mol. The summed E-state index contributed by atoms with van der Waals surface area (Å²) in [5.41, 5.74) is 0. The van der Waals surface area contributed by atoms with Crippen LogP contribution in [0.2, 0.25) is 0 Å². The van der Waals surface area contributed by atoms with E-state index in [0.717, 1.165) is 26.1 Å². The lowest BCUT2D eigenvalue weighted by molar-refractivity contribution is 0.317. The molecule has 92 valence electrons. The molecule has 1 aliphatic heterocycles. The summed E-state index contributed by atoms with van der Waals surface area (Å²) in [5.74, 6) is 0. The smallest absolute Gasteiger partial charge is 0.211 e. The highest BCUT2D eigenvalue weighted by Crippen LogP contribution is 2.15. The SMILES string of the molecule is CC.CCN1CCC(N(C)S(C)(=O)=O)C1. The zero-order chi connectivity index (χ0) is 12.1. The van der Waals surface area contributed by atoms with Crippen molar-refractivity contribution in [1.82, 2.24) is 9.21 Å². The third-order valence-electron chi connectivity index (χ3n) is 2.73. The summed E-state index contributed by atoms with van der Waals surface area (Å²) in [7, 11) is -1.35. The minimum absolute atomic E-state index is 0.176. The molecule has 1 rings (SSSR count). The average Bonchev–Trinajstić information content (AvgIpc) is 2.66. The van der Waals surface area contributed by atoms with Gasteiger partial charge in [0.15, 0.2) is 0 Å². The maximum absolute atomic E-state index is 11.2. The molecule has 1 heterocycles. The number of likely N-dealkylation sites (tertiary alicyclic amines) is 1. The van der Waals surface area contributed by atoms with E-state index < -0.39 is 10.0 Å². The van der Waals surface area contributed by atoms with E-state index in [-0.39, 0.29) is 6.04 Å². The van der Waals surface area contributed by atoms with Gasteiger partial charge in [0, 0.05) is 19.6 Å². The van der Waals surface area contributed by atoms with E-state index in [1.165, 1.54) is 10.6 Å². The highest BCUT2D eigenvalue weighted by atomic mass is 32.2. The summed E-state index contributed by atoms with van der Waals surface area (Å²) >= 11 is 0. The first-order chi connectivity index (χ1) is 6.95. The van der Waals surface area contributed by atoms with Crippen LogP contribution in [0.1, 0.15) is 27.2 Å². The van der Waals surface area contributed by atoms with Gasteiger partial charge in [0.25, 0.3) is 0 Å². The summed E-state index contributed by atoms with van der Waals surface area (Å²) in [4.78, 5) is 2.27. The summed E-state index contributed by atoms with van der Waals surface area (Å²) in [5, 5.41) is 0. The fraction of sp³-hybridized carbons (Fsp3) is 1.00. The van der Waals surface area contributed by atoms with Gasteiger partial charge in [-0.2, -0.15) is 0 Å². The van der Waals surface area contributed by atoms with Crippen LogP contribution in [0, 0.1) is 0 Å². The van der Waals surface area contributed by atoms with E-state index in [9.17, 15) is 8.42 Å². The van der Waals surface area contributed by atoms with Gasteiger partial charge < -0.3 is 4.90 Å². The number of sulfonamides is 1. The second kappa shape index (κ2) is 6.45. The Morgan fingerprint density at radius 3 is 2.27 bits per heavy atom. The van der Waals surface area contributed by atoms with Crippen LogP contribution in [0.3, 0.4) is 0 Å². The Kier molecular flexibility index (Phi) is 6.40. The molecule has 0 bridgehead atoms. The molecule has 1 aliphatic rings. The molecule has 0 N–H and O–H groups in total. The number of nitrogens with zero attached hydrogens (tertiary/aromatic N) is 2. The lowest BCUT2D eigenvalue weighted by atomic mass is 10.3. The fourth-order valence-electron chi connectivity index (χ4n) is 1.67. The van der Waals surface area contributed by atoms with Gasteiger partial charge >= 0.3 is 0 Å². The lowest BCUT2D eigenvalue weighted by Gasteiger charge is -2.21. The Morgan fingerprint density at radius 2 is 1.93 bits per heavy atom. The molecule has 1 atom stereocenters. The first kappa shape index (κ1) is 14.9. The van der Waals surface area contributed by atoms with Crippen molar-refractivity contribution < 1.29 is 8.42 Å². The predicted molar refractivity (Wildman–Crippen MR) is 64.5 cm³/mol. The highest BCUT2D eigenvalue weighted by molar-refractivity contribution is 7.88. The number of hydrogen-bond acceptors (Lipinski definition) is 3. The highest BCUT2D eigenvalue weighted by Gasteiger charge is 2.28. The molecule has 1 fully saturated rings. The van der Waals surface area contributed by atoms with Crippen LogP contribution in [0.5, 0.6) is 0 Å². The van der Waals surface area contributed by atoms with Crippen molar-refractivity contribution in [1.29, 1.82) is 0 Å². The molecule has 0 spiro atoms. The van der Waals surface area contributed by atoms with E-state index >= 15 is 0 Å². The molecule has 1 unspecified atom stereocenters. The second-order valence-electron chi connectivity index (χ2n) is 3.61. The molecule has 4 nitrogen and oxygen atoms in total. The zero-order valence-electron chi connectivity index (χ0n) is 10.5. The van der Waals surface area contributed by atoms with Gasteiger partial charge in [-0.1, -0.05) is 20.8 Å². The summed E-state index contributed by atoms with van der Waals surface area (Å²) in [6, 6.07) is 0.176. The van der Waals surface area contributed by atoms with E-state index in [1.54, 1.807) is 7.05 Å². The normalized spacial score (nSPS) is 22.7. The van der Waals surface area contributed by atoms with Crippen molar-refractivity contribution in [2.45, 2.75) is 33.2 Å². The van der Waals surface area contributed by atoms with Crippen LogP contribution in [0.25, 0.3) is 0 Å². The molecule has 5 heteroatoms. The number of rotatable bonds is 3. The van der Waals surface area contributed by atoms with Crippen molar-refractivity contribution >= 4 is 10.0 Å². The van der Waals surface area contributed by atoms with Crippen LogP contribution >= 0.6 is 0 Å². The Balaban J connectivity index is 0.000000921. The largest absolute Gasteiger partial charge is 0.302 e. The molecule has 0 aromatic heterocycles. The maximum Gasteiger partial charge on any atom is 0.211 e. The third-order valence-corrected chi connectivity index (χ3v) is 4.08. The quantitative estimate of drug-likeness (QED) is 0.734. The van der Waals surface area contributed by atoms with Crippen molar-refractivity contribution in [3.8, 4) is 0 Å². The standard InChI is InChI=1S/C8H18N2O2S.C2H6/c1-4-10-6-5-8(7-10)9(2)13(3,11)12;1-2/h8H,4-7H2,1-3H3;1-2H3. The Bertz CT molecular complexity index is 265. The Hall–Kier alpha value is -0.130. The van der Waals surface area contributed by atoms with Crippen LogP contribution in [-0.2, 0) is 10.0 Å². The van der Waals surface area contributed by atoms with Crippen molar-refractivity contribution in [3.63, 3.8) is 0 Å². The zero-order valence-corrected chi connectivity index (χ0v) is 11.3. The molecule has 0 aromatic rings. The van der Waals surface area contributed by atoms with Crippen molar-refractivity contribution in [2.24, 2.45) is 0 Å². The molecule has 15 heavy (non-hydrogen) atoms. The van der Waals surface area contributed by atoms with E-state index in [2.05, 4.69) is 11.8 Å². The summed E-state index contributed by atoms with van der Waals surface area (Å²) < 4.78 is 23.9. The van der Waals surface area contributed by atoms with Crippen molar-refractivity contribution in [3.05, 3.63) is 0 Å². The van der Waals surface area contributed by atoms with Crippen LogP contribution in [0.4, 0.5) is 0 Å². The molecule has 0 radical (unpaired) electrons. The maximum atomic E-state index is 11.2. The average molecular weight is 236 g/mol. The fourth-order valence-corrected chi connectivity index (χ4v) is 2.38. The minimum atomic E-state index is -3.01. The molecular formula is C10H24N2O2S. The minimum Gasteiger partial charge on any atom is -0.302 e. The molecule has 0 aromatic carbocycles. The van der Waals surface area contributed by atoms with Gasteiger partial charge in [-0.05, 0) is 19.5 Å². The van der Waals surface area contributed by atoms with Crippen molar-refractivity contribution in [2.75, 3.05) is 32.9 Å². The molecule has 1 saturated heterocycles. The van der Waals surface area contributed by atoms with Gasteiger partial charge in [-0.25, -0.2) is 12.7 Å².